The van der Waals surface area contributed by atoms with E-state index in [9.17, 15) is 14.9 Å². The molecule has 0 aliphatic rings. The highest BCUT2D eigenvalue weighted by Crippen LogP contribution is 2.25. The summed E-state index contributed by atoms with van der Waals surface area (Å²) >= 11 is 1.45. The number of anilines is 1. The van der Waals surface area contributed by atoms with Crippen LogP contribution in [0.15, 0.2) is 29.8 Å². The number of benzene rings is 1. The third-order valence-electron chi connectivity index (χ3n) is 2.71. The molecule has 0 saturated heterocycles. The fourth-order valence-electron chi connectivity index (χ4n) is 1.77. The second kappa shape index (κ2) is 6.80. The molecular formula is C13H14N4O3S. The van der Waals surface area contributed by atoms with Crippen LogP contribution < -0.4 is 10.6 Å². The molecule has 110 valence electrons. The van der Waals surface area contributed by atoms with Crippen LogP contribution in [0.25, 0.3) is 0 Å². The first-order valence-electron chi connectivity index (χ1n) is 6.30. The number of carbonyl (C=O) groups excluding carboxylic acids is 1. The van der Waals surface area contributed by atoms with E-state index >= 15 is 0 Å². The Labute approximate surface area is 125 Å². The normalized spacial score (nSPS) is 10.1. The van der Waals surface area contributed by atoms with Crippen LogP contribution in [0.4, 0.5) is 11.4 Å². The number of nitrogens with one attached hydrogen (secondary N) is 2. The van der Waals surface area contributed by atoms with Gasteiger partial charge in [-0.1, -0.05) is 0 Å². The van der Waals surface area contributed by atoms with Crippen LogP contribution >= 0.6 is 11.3 Å². The van der Waals surface area contributed by atoms with Gasteiger partial charge in [-0.3, -0.25) is 14.9 Å². The predicted molar refractivity (Wildman–Crippen MR) is 80.5 cm³/mol. The highest BCUT2D eigenvalue weighted by atomic mass is 32.1. The molecular weight excluding hydrogens is 292 g/mol. The maximum atomic E-state index is 12.0. The number of hydrogen-bond acceptors (Lipinski definition) is 6. The molecule has 0 fully saturated rings. The summed E-state index contributed by atoms with van der Waals surface area (Å²) < 4.78 is 0. The van der Waals surface area contributed by atoms with Crippen LogP contribution in [0.1, 0.15) is 22.3 Å². The van der Waals surface area contributed by atoms with Crippen molar-refractivity contribution in [3.8, 4) is 0 Å². The van der Waals surface area contributed by atoms with Crippen LogP contribution in [0, 0.1) is 10.1 Å². The number of aromatic nitrogens is 1. The van der Waals surface area contributed by atoms with Gasteiger partial charge in [-0.2, -0.15) is 0 Å². The van der Waals surface area contributed by atoms with E-state index in [4.69, 9.17) is 0 Å². The second-order valence-electron chi connectivity index (χ2n) is 4.13. The Morgan fingerprint density at radius 3 is 2.90 bits per heavy atom. The number of nitro benzene ring substituents is 1. The zero-order chi connectivity index (χ0) is 15.2. The molecule has 0 aliphatic heterocycles. The van der Waals surface area contributed by atoms with Gasteiger partial charge in [0, 0.05) is 29.8 Å². The van der Waals surface area contributed by atoms with E-state index in [0.29, 0.717) is 24.3 Å². The van der Waals surface area contributed by atoms with Gasteiger partial charge in [-0.15, -0.1) is 11.3 Å². The van der Waals surface area contributed by atoms with Gasteiger partial charge >= 0.3 is 0 Å². The monoisotopic (exact) mass is 306 g/mol. The minimum Gasteiger partial charge on any atom is -0.380 e. The summed E-state index contributed by atoms with van der Waals surface area (Å²) in [5.41, 5.74) is 0.658. The number of rotatable bonds is 6. The van der Waals surface area contributed by atoms with Crippen LogP contribution in [0.5, 0.6) is 0 Å². The fraction of sp³-hybridized carbons (Fsp3) is 0.231. The second-order valence-corrected chi connectivity index (χ2v) is 5.11. The van der Waals surface area contributed by atoms with Crippen molar-refractivity contribution in [3.05, 3.63) is 50.5 Å². The Kier molecular flexibility index (Phi) is 4.83. The van der Waals surface area contributed by atoms with Crippen molar-refractivity contribution in [2.24, 2.45) is 0 Å². The average Bonchev–Trinajstić information content (AvgIpc) is 2.98. The van der Waals surface area contributed by atoms with Gasteiger partial charge in [-0.05, 0) is 19.1 Å². The summed E-state index contributed by atoms with van der Waals surface area (Å²) in [7, 11) is 0. The minimum absolute atomic E-state index is 0.0478. The Bertz CT molecular complexity index is 643. The summed E-state index contributed by atoms with van der Waals surface area (Å²) in [5.74, 6) is -0.292. The molecule has 1 aromatic carbocycles. The van der Waals surface area contributed by atoms with Crippen LogP contribution in [-0.4, -0.2) is 22.4 Å². The van der Waals surface area contributed by atoms with Crippen molar-refractivity contribution in [1.29, 1.82) is 0 Å². The molecule has 0 unspecified atom stereocenters. The zero-order valence-corrected chi connectivity index (χ0v) is 12.1. The molecule has 8 heteroatoms. The van der Waals surface area contributed by atoms with Crippen molar-refractivity contribution in [2.75, 3.05) is 11.9 Å². The average molecular weight is 306 g/mol. The topological polar surface area (TPSA) is 97.2 Å². The molecule has 2 rings (SSSR count). The maximum Gasteiger partial charge on any atom is 0.292 e. The van der Waals surface area contributed by atoms with Crippen LogP contribution in [-0.2, 0) is 6.54 Å². The molecule has 7 nitrogen and oxygen atoms in total. The Morgan fingerprint density at radius 1 is 1.48 bits per heavy atom. The summed E-state index contributed by atoms with van der Waals surface area (Å²) in [6.07, 6.45) is 1.67. The summed E-state index contributed by atoms with van der Waals surface area (Å²) in [4.78, 5) is 26.6. The maximum absolute atomic E-state index is 12.0. The molecule has 0 spiro atoms. The number of thiazole rings is 1. The van der Waals surface area contributed by atoms with Gasteiger partial charge in [0.1, 0.15) is 10.7 Å². The molecule has 1 aromatic heterocycles. The van der Waals surface area contributed by atoms with E-state index in [-0.39, 0.29) is 11.6 Å². The Hall–Kier alpha value is -2.48. The number of nitro groups is 1. The molecule has 21 heavy (non-hydrogen) atoms. The third kappa shape index (κ3) is 3.76. The zero-order valence-electron chi connectivity index (χ0n) is 11.3. The van der Waals surface area contributed by atoms with Gasteiger partial charge < -0.3 is 10.6 Å². The quantitative estimate of drug-likeness (QED) is 0.631. The standard InChI is InChI=1S/C13H14N4O3S/c1-2-14-10-7-9(3-4-11(10)17(19)20)13(18)16-8-12-15-5-6-21-12/h3-7,14H,2,8H2,1H3,(H,16,18). The minimum atomic E-state index is -0.477. The lowest BCUT2D eigenvalue weighted by Gasteiger charge is -2.08. The molecule has 0 bridgehead atoms. The van der Waals surface area contributed by atoms with Gasteiger partial charge in [0.25, 0.3) is 11.6 Å². The van der Waals surface area contributed by atoms with E-state index in [1.54, 1.807) is 6.20 Å². The summed E-state index contributed by atoms with van der Waals surface area (Å²) in [6, 6.07) is 4.26. The SMILES string of the molecule is CCNc1cc(C(=O)NCc2nccs2)ccc1[N+](=O)[O-]. The first kappa shape index (κ1) is 14.9. The lowest BCUT2D eigenvalue weighted by atomic mass is 10.1. The van der Waals surface area contributed by atoms with Crippen LogP contribution in [0.3, 0.4) is 0 Å². The molecule has 0 atom stereocenters. The number of nitrogens with zero attached hydrogens (tertiary/aromatic N) is 2. The van der Waals surface area contributed by atoms with E-state index in [0.717, 1.165) is 5.01 Å². The first-order valence-corrected chi connectivity index (χ1v) is 7.18. The van der Waals surface area contributed by atoms with Crippen molar-refractivity contribution in [1.82, 2.24) is 10.3 Å². The van der Waals surface area contributed by atoms with Gasteiger partial charge in [0.2, 0.25) is 0 Å². The summed E-state index contributed by atoms with van der Waals surface area (Å²) in [5, 5.41) is 19.2. The van der Waals surface area contributed by atoms with Gasteiger partial charge in [0.05, 0.1) is 11.5 Å². The largest absolute Gasteiger partial charge is 0.380 e. The molecule has 1 amide bonds. The van der Waals surface area contributed by atoms with E-state index in [1.165, 1.54) is 29.5 Å². The Balaban J connectivity index is 2.13. The van der Waals surface area contributed by atoms with E-state index in [1.807, 2.05) is 12.3 Å². The lowest BCUT2D eigenvalue weighted by molar-refractivity contribution is -0.384. The van der Waals surface area contributed by atoms with E-state index in [2.05, 4.69) is 15.6 Å². The highest BCUT2D eigenvalue weighted by Gasteiger charge is 2.16. The molecule has 1 heterocycles. The van der Waals surface area contributed by atoms with Gasteiger partial charge in [-0.25, -0.2) is 4.98 Å². The molecule has 2 N–H and O–H groups in total. The smallest absolute Gasteiger partial charge is 0.292 e. The highest BCUT2D eigenvalue weighted by molar-refractivity contribution is 7.09. The predicted octanol–water partition coefficient (Wildman–Crippen LogP) is 2.41. The number of amides is 1. The third-order valence-corrected chi connectivity index (χ3v) is 3.49. The van der Waals surface area contributed by atoms with Crippen molar-refractivity contribution >= 4 is 28.6 Å². The van der Waals surface area contributed by atoms with E-state index < -0.39 is 4.92 Å². The van der Waals surface area contributed by atoms with Crippen molar-refractivity contribution < 1.29 is 9.72 Å². The first-order chi connectivity index (χ1) is 10.1. The van der Waals surface area contributed by atoms with Gasteiger partial charge in [0.15, 0.2) is 0 Å². The molecule has 0 radical (unpaired) electrons. The number of hydrogen-bond donors (Lipinski definition) is 2. The molecule has 2 aromatic rings. The molecule has 0 saturated carbocycles. The number of carbonyl (C=O) groups is 1. The van der Waals surface area contributed by atoms with Crippen molar-refractivity contribution in [2.45, 2.75) is 13.5 Å². The van der Waals surface area contributed by atoms with Crippen molar-refractivity contribution in [3.63, 3.8) is 0 Å². The molecule has 0 aliphatic carbocycles. The van der Waals surface area contributed by atoms with Crippen LogP contribution in [0.2, 0.25) is 0 Å². The lowest BCUT2D eigenvalue weighted by Crippen LogP contribution is -2.22. The fourth-order valence-corrected chi connectivity index (χ4v) is 2.32. The summed E-state index contributed by atoms with van der Waals surface area (Å²) in [6.45, 7) is 2.70. The Morgan fingerprint density at radius 2 is 2.29 bits per heavy atom.